The molecule has 4 heteroatoms. The van der Waals surface area contributed by atoms with Gasteiger partial charge in [-0.25, -0.2) is 4.99 Å². The number of aliphatic imine (C=N–C) groups is 1. The van der Waals surface area contributed by atoms with Gasteiger partial charge in [-0.15, -0.1) is 0 Å². The van der Waals surface area contributed by atoms with Crippen LogP contribution >= 0.6 is 11.6 Å². The van der Waals surface area contributed by atoms with Crippen LogP contribution in [0.2, 0.25) is 5.02 Å². The van der Waals surface area contributed by atoms with Crippen LogP contribution in [0.25, 0.3) is 0 Å². The zero-order valence-electron chi connectivity index (χ0n) is 14.5. The normalized spacial score (nSPS) is 17.0. The average Bonchev–Trinajstić information content (AvgIpc) is 2.56. The third kappa shape index (κ3) is 3.63. The van der Waals surface area contributed by atoms with Crippen molar-refractivity contribution in [2.24, 2.45) is 4.99 Å². The minimum absolute atomic E-state index is 0.166. The summed E-state index contributed by atoms with van der Waals surface area (Å²) in [7, 11) is 4.22. The van der Waals surface area contributed by atoms with E-state index in [-0.39, 0.29) is 6.04 Å². The van der Waals surface area contributed by atoms with Crippen LogP contribution < -0.4 is 0 Å². The third-order valence-electron chi connectivity index (χ3n) is 4.41. The number of rotatable bonds is 5. The highest BCUT2D eigenvalue weighted by molar-refractivity contribution is 6.30. The Kier molecular flexibility index (Phi) is 5.22. The molecule has 0 radical (unpaired) electrons. The van der Waals surface area contributed by atoms with E-state index < -0.39 is 0 Å². The van der Waals surface area contributed by atoms with Crippen molar-refractivity contribution in [1.82, 2.24) is 9.80 Å². The second kappa shape index (κ2) is 7.37. The maximum atomic E-state index is 6.29. The maximum Gasteiger partial charge on any atom is 0.102 e. The molecule has 0 fully saturated rings. The van der Waals surface area contributed by atoms with E-state index >= 15 is 0 Å². The molecule has 0 aliphatic carbocycles. The second-order valence-electron chi connectivity index (χ2n) is 6.53. The highest BCUT2D eigenvalue weighted by Gasteiger charge is 2.29. The molecule has 1 aliphatic rings. The van der Waals surface area contributed by atoms with Gasteiger partial charge in [0, 0.05) is 17.1 Å². The first-order chi connectivity index (χ1) is 11.6. The van der Waals surface area contributed by atoms with Crippen molar-refractivity contribution in [2.75, 3.05) is 27.2 Å². The van der Waals surface area contributed by atoms with Crippen LogP contribution in [0.3, 0.4) is 0 Å². The predicted molar refractivity (Wildman–Crippen MR) is 102 cm³/mol. The fourth-order valence-corrected chi connectivity index (χ4v) is 3.46. The van der Waals surface area contributed by atoms with Gasteiger partial charge in [-0.1, -0.05) is 41.9 Å². The van der Waals surface area contributed by atoms with Crippen molar-refractivity contribution >= 4 is 23.1 Å². The van der Waals surface area contributed by atoms with Crippen LogP contribution in [0.15, 0.2) is 53.5 Å². The molecule has 24 heavy (non-hydrogen) atoms. The summed E-state index contributed by atoms with van der Waals surface area (Å²) in [4.78, 5) is 9.43. The Hall–Kier alpha value is -1.84. The lowest BCUT2D eigenvalue weighted by Crippen LogP contribution is -2.37. The van der Waals surface area contributed by atoms with E-state index in [1.165, 1.54) is 11.1 Å². The number of hydrogen-bond acceptors (Lipinski definition) is 3. The molecule has 1 unspecified atom stereocenters. The van der Waals surface area contributed by atoms with E-state index in [0.29, 0.717) is 0 Å². The summed E-state index contributed by atoms with van der Waals surface area (Å²) in [5.74, 6) is 1.07. The van der Waals surface area contributed by atoms with Gasteiger partial charge in [-0.05, 0) is 57.7 Å². The van der Waals surface area contributed by atoms with Gasteiger partial charge < -0.3 is 9.80 Å². The van der Waals surface area contributed by atoms with Crippen molar-refractivity contribution in [2.45, 2.75) is 19.4 Å². The molecular formula is C20H24ClN3. The third-order valence-corrected chi connectivity index (χ3v) is 4.65. The van der Waals surface area contributed by atoms with E-state index in [2.05, 4.69) is 67.2 Å². The van der Waals surface area contributed by atoms with Crippen LogP contribution in [0.5, 0.6) is 0 Å². The number of fused-ring (bicyclic) bond motifs is 1. The fourth-order valence-electron chi connectivity index (χ4n) is 3.28. The smallest absolute Gasteiger partial charge is 0.102 e. The van der Waals surface area contributed by atoms with Gasteiger partial charge in [0.1, 0.15) is 5.84 Å². The fraction of sp³-hybridized carbons (Fsp3) is 0.350. The topological polar surface area (TPSA) is 18.8 Å². The summed E-state index contributed by atoms with van der Waals surface area (Å²) >= 11 is 6.29. The molecule has 0 aromatic heterocycles. The Morgan fingerprint density at radius 2 is 1.88 bits per heavy atom. The molecule has 3 rings (SSSR count). The van der Waals surface area contributed by atoms with Gasteiger partial charge in [0.2, 0.25) is 0 Å². The number of benzene rings is 2. The first kappa shape index (κ1) is 17.0. The predicted octanol–water partition coefficient (Wildman–Crippen LogP) is 4.75. The standard InChI is InChI=1S/C20H24ClN3/c1-15-22-19-11-10-17(21)14-18(19)20(16-8-5-4-6-9-16)24(15)13-7-12-23(2)3/h4-6,8-11,14,20H,7,12-13H2,1-3H3. The molecule has 2 aromatic carbocycles. The van der Waals surface area contributed by atoms with Crippen molar-refractivity contribution in [1.29, 1.82) is 0 Å². The van der Waals surface area contributed by atoms with Crippen molar-refractivity contribution in [3.8, 4) is 0 Å². The molecule has 1 aliphatic heterocycles. The maximum absolute atomic E-state index is 6.29. The monoisotopic (exact) mass is 341 g/mol. The molecule has 126 valence electrons. The average molecular weight is 342 g/mol. The van der Waals surface area contributed by atoms with E-state index in [1.807, 2.05) is 12.1 Å². The molecular weight excluding hydrogens is 318 g/mol. The van der Waals surface area contributed by atoms with E-state index in [9.17, 15) is 0 Å². The molecule has 3 nitrogen and oxygen atoms in total. The van der Waals surface area contributed by atoms with Crippen LogP contribution in [0, 0.1) is 0 Å². The Morgan fingerprint density at radius 1 is 1.12 bits per heavy atom. The summed E-state index contributed by atoms with van der Waals surface area (Å²) in [6.45, 7) is 4.13. The Labute approximate surface area is 149 Å². The lowest BCUT2D eigenvalue weighted by molar-refractivity contribution is 0.312. The highest BCUT2D eigenvalue weighted by atomic mass is 35.5. The van der Waals surface area contributed by atoms with Gasteiger partial charge in [-0.2, -0.15) is 0 Å². The summed E-state index contributed by atoms with van der Waals surface area (Å²) in [5, 5.41) is 0.762. The molecule has 1 heterocycles. The zero-order chi connectivity index (χ0) is 17.1. The summed E-state index contributed by atoms with van der Waals surface area (Å²) < 4.78 is 0. The Balaban J connectivity index is 2.00. The van der Waals surface area contributed by atoms with E-state index in [0.717, 1.165) is 36.1 Å². The van der Waals surface area contributed by atoms with Gasteiger partial charge >= 0.3 is 0 Å². The van der Waals surface area contributed by atoms with Gasteiger partial charge in [0.25, 0.3) is 0 Å². The Bertz CT molecular complexity index is 725. The van der Waals surface area contributed by atoms with Crippen molar-refractivity contribution < 1.29 is 0 Å². The lowest BCUT2D eigenvalue weighted by Gasteiger charge is -2.38. The van der Waals surface area contributed by atoms with Crippen LogP contribution in [-0.2, 0) is 0 Å². The summed E-state index contributed by atoms with van der Waals surface area (Å²) in [6, 6.07) is 16.8. The molecule has 1 atom stereocenters. The first-order valence-corrected chi connectivity index (χ1v) is 8.75. The molecule has 0 spiro atoms. The first-order valence-electron chi connectivity index (χ1n) is 8.37. The molecule has 0 saturated heterocycles. The van der Waals surface area contributed by atoms with Crippen LogP contribution in [0.1, 0.15) is 30.5 Å². The quantitative estimate of drug-likeness (QED) is 0.781. The Morgan fingerprint density at radius 3 is 2.58 bits per heavy atom. The zero-order valence-corrected chi connectivity index (χ0v) is 15.3. The van der Waals surface area contributed by atoms with Gasteiger partial charge in [0.05, 0.1) is 11.7 Å². The number of halogens is 1. The van der Waals surface area contributed by atoms with Crippen molar-refractivity contribution in [3.63, 3.8) is 0 Å². The number of nitrogens with zero attached hydrogens (tertiary/aromatic N) is 3. The molecule has 2 aromatic rings. The molecule has 0 N–H and O–H groups in total. The summed E-state index contributed by atoms with van der Waals surface area (Å²) in [5.41, 5.74) is 3.49. The van der Waals surface area contributed by atoms with Gasteiger partial charge in [-0.3, -0.25) is 0 Å². The second-order valence-corrected chi connectivity index (χ2v) is 6.96. The largest absolute Gasteiger partial charge is 0.349 e. The van der Waals surface area contributed by atoms with Crippen LogP contribution in [0.4, 0.5) is 5.69 Å². The SMILES string of the molecule is CC1=Nc2ccc(Cl)cc2C(c2ccccc2)N1CCCN(C)C. The summed E-state index contributed by atoms with van der Waals surface area (Å²) in [6.07, 6.45) is 1.10. The minimum Gasteiger partial charge on any atom is -0.349 e. The van der Waals surface area contributed by atoms with E-state index in [4.69, 9.17) is 16.6 Å². The lowest BCUT2D eigenvalue weighted by atomic mass is 9.93. The molecule has 0 bridgehead atoms. The van der Waals surface area contributed by atoms with Gasteiger partial charge in [0.15, 0.2) is 0 Å². The number of hydrogen-bond donors (Lipinski definition) is 0. The van der Waals surface area contributed by atoms with E-state index in [1.54, 1.807) is 0 Å². The van der Waals surface area contributed by atoms with Crippen LogP contribution in [-0.4, -0.2) is 42.8 Å². The minimum atomic E-state index is 0.166. The van der Waals surface area contributed by atoms with Crippen molar-refractivity contribution in [3.05, 3.63) is 64.7 Å². The molecule has 0 amide bonds. The number of amidine groups is 1. The highest BCUT2D eigenvalue weighted by Crippen LogP contribution is 2.40. The molecule has 0 saturated carbocycles.